The second-order valence-electron chi connectivity index (χ2n) is 5.17. The molecule has 2 N–H and O–H groups in total. The van der Waals surface area contributed by atoms with Gasteiger partial charge in [-0.05, 0) is 40.8 Å². The quantitative estimate of drug-likeness (QED) is 0.558. The number of hydrogen-bond donors (Lipinski definition) is 1. The van der Waals surface area contributed by atoms with E-state index in [0.717, 1.165) is 16.1 Å². The zero-order chi connectivity index (χ0) is 17.4. The summed E-state index contributed by atoms with van der Waals surface area (Å²) in [7, 11) is 1.63. The number of ether oxygens (including phenoxy) is 1. The highest BCUT2D eigenvalue weighted by atomic mass is 32.2. The first-order valence-electron chi connectivity index (χ1n) is 7.36. The topological polar surface area (TPSA) is 105 Å². The molecule has 0 bridgehead atoms. The summed E-state index contributed by atoms with van der Waals surface area (Å²) in [6.07, 6.45) is 5.40. The van der Waals surface area contributed by atoms with Crippen LogP contribution in [0.3, 0.4) is 0 Å². The highest BCUT2D eigenvalue weighted by Gasteiger charge is 2.22. The summed E-state index contributed by atoms with van der Waals surface area (Å²) in [6, 6.07) is 7.84. The van der Waals surface area contributed by atoms with E-state index in [0.29, 0.717) is 22.8 Å². The van der Waals surface area contributed by atoms with Gasteiger partial charge in [0.2, 0.25) is 0 Å². The molecule has 0 fully saturated rings. The van der Waals surface area contributed by atoms with E-state index in [4.69, 9.17) is 15.1 Å². The van der Waals surface area contributed by atoms with Crippen LogP contribution in [0.5, 0.6) is 5.75 Å². The molecule has 0 unspecified atom stereocenters. The number of thioether (sulfide) groups is 1. The maximum absolute atomic E-state index is 5.89. The van der Waals surface area contributed by atoms with E-state index in [9.17, 15) is 0 Å². The summed E-state index contributed by atoms with van der Waals surface area (Å²) >= 11 is 1.64. The van der Waals surface area contributed by atoms with Crippen LogP contribution >= 0.6 is 11.8 Å². The summed E-state index contributed by atoms with van der Waals surface area (Å²) in [4.78, 5) is 9.83. The lowest BCUT2D eigenvalue weighted by molar-refractivity contribution is 0.310. The summed E-state index contributed by atoms with van der Waals surface area (Å²) < 4.78 is 12.3. The van der Waals surface area contributed by atoms with Gasteiger partial charge in [-0.15, -0.1) is 11.8 Å². The first-order chi connectivity index (χ1) is 12.2. The Balaban J connectivity index is 2.06. The molecule has 0 atom stereocenters. The molecule has 3 aromatic heterocycles. The Morgan fingerprint density at radius 3 is 2.84 bits per heavy atom. The van der Waals surface area contributed by atoms with Crippen molar-refractivity contribution in [1.29, 1.82) is 0 Å². The summed E-state index contributed by atoms with van der Waals surface area (Å²) in [5.74, 6) is 1.39. The third-order valence-electron chi connectivity index (χ3n) is 3.81. The molecule has 126 valence electrons. The third kappa shape index (κ3) is 2.49. The Hall–Kier alpha value is -3.07. The van der Waals surface area contributed by atoms with Crippen molar-refractivity contribution in [2.24, 2.45) is 0 Å². The van der Waals surface area contributed by atoms with Crippen LogP contribution in [0.2, 0.25) is 0 Å². The average Bonchev–Trinajstić information content (AvgIpc) is 3.24. The number of anilines is 1. The predicted molar refractivity (Wildman–Crippen MR) is 94.9 cm³/mol. The van der Waals surface area contributed by atoms with Crippen molar-refractivity contribution in [2.75, 3.05) is 19.1 Å². The van der Waals surface area contributed by atoms with Gasteiger partial charge in [-0.25, -0.2) is 9.61 Å². The first kappa shape index (κ1) is 15.5. The number of benzene rings is 1. The fourth-order valence-electron chi connectivity index (χ4n) is 2.66. The van der Waals surface area contributed by atoms with Crippen molar-refractivity contribution in [1.82, 2.24) is 24.8 Å². The van der Waals surface area contributed by atoms with E-state index in [1.54, 1.807) is 31.3 Å². The Labute approximate surface area is 147 Å². The maximum atomic E-state index is 5.89. The number of fused-ring (bicyclic) bond motifs is 1. The molecule has 0 aliphatic heterocycles. The molecule has 1 aromatic carbocycles. The highest BCUT2D eigenvalue weighted by Crippen LogP contribution is 2.35. The molecule has 4 rings (SSSR count). The van der Waals surface area contributed by atoms with Crippen LogP contribution < -0.4 is 10.5 Å². The standard InChI is InChI=1S/C16H14N6O2S/c1-23-13-7-9(25-2)3-4-12(13)22-11-5-6-18-8-10(11)19-16(22)14-15(17)21-24-20-14/h3-8H,1-2H3,(H2,17,21). The summed E-state index contributed by atoms with van der Waals surface area (Å²) in [6.45, 7) is 0. The minimum absolute atomic E-state index is 0.171. The van der Waals surface area contributed by atoms with Gasteiger partial charge in [0.05, 0.1) is 24.5 Å². The Morgan fingerprint density at radius 1 is 1.24 bits per heavy atom. The Kier molecular flexibility index (Phi) is 3.77. The third-order valence-corrected chi connectivity index (χ3v) is 4.54. The molecule has 0 saturated carbocycles. The van der Waals surface area contributed by atoms with Crippen LogP contribution in [0, 0.1) is 0 Å². The van der Waals surface area contributed by atoms with Gasteiger partial charge in [-0.3, -0.25) is 9.55 Å². The molecule has 0 saturated heterocycles. The van der Waals surface area contributed by atoms with Crippen LogP contribution in [0.15, 0.2) is 46.2 Å². The van der Waals surface area contributed by atoms with Gasteiger partial charge in [0.15, 0.2) is 17.3 Å². The van der Waals surface area contributed by atoms with Gasteiger partial charge in [0.25, 0.3) is 0 Å². The number of aromatic nitrogens is 5. The zero-order valence-corrected chi connectivity index (χ0v) is 14.3. The minimum Gasteiger partial charge on any atom is -0.495 e. The van der Waals surface area contributed by atoms with Gasteiger partial charge in [0.1, 0.15) is 11.3 Å². The second kappa shape index (κ2) is 6.10. The van der Waals surface area contributed by atoms with E-state index in [2.05, 4.69) is 20.3 Å². The van der Waals surface area contributed by atoms with E-state index in [-0.39, 0.29) is 5.82 Å². The number of imidazole rings is 1. The van der Waals surface area contributed by atoms with Gasteiger partial charge < -0.3 is 10.5 Å². The first-order valence-corrected chi connectivity index (χ1v) is 8.58. The van der Waals surface area contributed by atoms with Gasteiger partial charge in [-0.1, -0.05) is 0 Å². The maximum Gasteiger partial charge on any atom is 0.199 e. The molecule has 0 radical (unpaired) electrons. The van der Waals surface area contributed by atoms with Crippen molar-refractivity contribution in [3.63, 3.8) is 0 Å². The lowest BCUT2D eigenvalue weighted by Crippen LogP contribution is -2.02. The number of nitrogens with two attached hydrogens (primary N) is 1. The molecule has 3 heterocycles. The minimum atomic E-state index is 0.171. The molecular formula is C16H14N6O2S. The smallest absolute Gasteiger partial charge is 0.199 e. The zero-order valence-electron chi connectivity index (χ0n) is 13.5. The van der Waals surface area contributed by atoms with Crippen molar-refractivity contribution >= 4 is 28.6 Å². The van der Waals surface area contributed by atoms with Crippen molar-refractivity contribution in [3.05, 3.63) is 36.7 Å². The van der Waals surface area contributed by atoms with Gasteiger partial charge >= 0.3 is 0 Å². The number of pyridine rings is 1. The SMILES string of the molecule is COc1cc(SC)ccc1-n1c(-c2nonc2N)nc2cnccc21. The van der Waals surface area contributed by atoms with Gasteiger partial charge in [0, 0.05) is 11.1 Å². The van der Waals surface area contributed by atoms with Crippen molar-refractivity contribution in [2.45, 2.75) is 4.90 Å². The van der Waals surface area contributed by atoms with E-state index >= 15 is 0 Å². The number of nitrogens with zero attached hydrogens (tertiary/aromatic N) is 5. The monoisotopic (exact) mass is 354 g/mol. The average molecular weight is 354 g/mol. The summed E-state index contributed by atoms with van der Waals surface area (Å²) in [5.41, 5.74) is 8.62. The lowest BCUT2D eigenvalue weighted by atomic mass is 10.2. The molecule has 0 aliphatic rings. The fourth-order valence-corrected chi connectivity index (χ4v) is 3.08. The molecular weight excluding hydrogens is 340 g/mol. The highest BCUT2D eigenvalue weighted by molar-refractivity contribution is 7.98. The summed E-state index contributed by atoms with van der Waals surface area (Å²) in [5, 5.41) is 7.55. The largest absolute Gasteiger partial charge is 0.495 e. The molecule has 0 amide bonds. The van der Waals surface area contributed by atoms with Crippen LogP contribution in [0.1, 0.15) is 0 Å². The molecule has 4 aromatic rings. The predicted octanol–water partition coefficient (Wildman–Crippen LogP) is 2.78. The molecule has 9 heteroatoms. The number of nitrogen functional groups attached to an aromatic ring is 1. The van der Waals surface area contributed by atoms with Gasteiger partial charge in [-0.2, -0.15) is 0 Å². The molecule has 0 spiro atoms. The second-order valence-corrected chi connectivity index (χ2v) is 6.05. The lowest BCUT2D eigenvalue weighted by Gasteiger charge is -2.13. The molecule has 0 aliphatic carbocycles. The normalized spacial score (nSPS) is 11.1. The van der Waals surface area contributed by atoms with Crippen LogP contribution in [-0.4, -0.2) is 38.2 Å². The number of hydrogen-bond acceptors (Lipinski definition) is 8. The van der Waals surface area contributed by atoms with Crippen LogP contribution in [0.4, 0.5) is 5.82 Å². The van der Waals surface area contributed by atoms with Crippen molar-refractivity contribution in [3.8, 4) is 23.0 Å². The van der Waals surface area contributed by atoms with Crippen LogP contribution in [0.25, 0.3) is 28.2 Å². The molecule has 25 heavy (non-hydrogen) atoms. The van der Waals surface area contributed by atoms with E-state index in [1.165, 1.54) is 0 Å². The van der Waals surface area contributed by atoms with Crippen LogP contribution in [-0.2, 0) is 0 Å². The Morgan fingerprint density at radius 2 is 2.12 bits per heavy atom. The fraction of sp³-hybridized carbons (Fsp3) is 0.125. The van der Waals surface area contributed by atoms with E-state index in [1.807, 2.05) is 35.1 Å². The number of methoxy groups -OCH3 is 1. The Bertz CT molecular complexity index is 1060. The van der Waals surface area contributed by atoms with Crippen molar-refractivity contribution < 1.29 is 9.37 Å². The van der Waals surface area contributed by atoms with E-state index < -0.39 is 0 Å². The molecule has 8 nitrogen and oxygen atoms in total. The number of rotatable bonds is 4.